The Hall–Kier alpha value is -3.23. The van der Waals surface area contributed by atoms with Crippen molar-refractivity contribution in [3.05, 3.63) is 54.0 Å². The molecule has 0 spiro atoms. The van der Waals surface area contributed by atoms with Crippen LogP contribution in [0, 0.1) is 23.7 Å². The van der Waals surface area contributed by atoms with Crippen LogP contribution in [0.3, 0.4) is 0 Å². The van der Waals surface area contributed by atoms with Crippen molar-refractivity contribution in [1.82, 2.24) is 4.57 Å². The van der Waals surface area contributed by atoms with Crippen LogP contribution < -0.4 is 15.2 Å². The van der Waals surface area contributed by atoms with Crippen molar-refractivity contribution in [2.75, 3.05) is 19.0 Å². The zero-order valence-corrected chi connectivity index (χ0v) is 16.9. The summed E-state index contributed by atoms with van der Waals surface area (Å²) in [6, 6.07) is 9.97. The number of nitrogens with two attached hydrogens (primary N) is 1. The van der Waals surface area contributed by atoms with Crippen LogP contribution in [-0.2, 0) is 16.6 Å². The van der Waals surface area contributed by atoms with Gasteiger partial charge >= 0.3 is 6.18 Å². The topological polar surface area (TPSA) is 86.3 Å². The summed E-state index contributed by atoms with van der Waals surface area (Å²) in [5.41, 5.74) is 0.498. The summed E-state index contributed by atoms with van der Waals surface area (Å²) in [5.74, 6) is 4.83. The zero-order valence-electron chi connectivity index (χ0n) is 16.0. The van der Waals surface area contributed by atoms with Gasteiger partial charge in [-0.05, 0) is 42.3 Å². The second-order valence-corrected chi connectivity index (χ2v) is 7.97. The predicted octanol–water partition coefficient (Wildman–Crippen LogP) is 3.26. The molecular weight excluding hydrogens is 438 g/mol. The van der Waals surface area contributed by atoms with Crippen molar-refractivity contribution in [2.24, 2.45) is 5.14 Å². The SMILES string of the molecule is COc1cc(S(N)(=O)=O)ccc1NCC#Cc1cc2[c]cc(F)cc2n1CC(F)(F)F. The minimum Gasteiger partial charge on any atom is -0.495 e. The summed E-state index contributed by atoms with van der Waals surface area (Å²) < 4.78 is 81.3. The number of fused-ring (bicyclic) bond motifs is 1. The quantitative estimate of drug-likeness (QED) is 0.458. The van der Waals surface area contributed by atoms with Gasteiger partial charge in [-0.3, -0.25) is 0 Å². The lowest BCUT2D eigenvalue weighted by molar-refractivity contribution is -0.140. The number of benzene rings is 2. The number of methoxy groups -OCH3 is 1. The fraction of sp³-hybridized carbons (Fsp3) is 0.200. The Morgan fingerprint density at radius 2 is 2.00 bits per heavy atom. The largest absolute Gasteiger partial charge is 0.495 e. The van der Waals surface area contributed by atoms with E-state index in [0.717, 1.165) is 16.7 Å². The first-order chi connectivity index (χ1) is 14.5. The van der Waals surface area contributed by atoms with Gasteiger partial charge in [0.25, 0.3) is 0 Å². The van der Waals surface area contributed by atoms with Crippen molar-refractivity contribution in [3.8, 4) is 17.6 Å². The summed E-state index contributed by atoms with van der Waals surface area (Å²) in [5, 5.41) is 8.28. The Bertz CT molecular complexity index is 1290. The normalized spacial score (nSPS) is 11.8. The van der Waals surface area contributed by atoms with Gasteiger partial charge in [0.1, 0.15) is 18.1 Å². The molecule has 11 heteroatoms. The Morgan fingerprint density at radius 3 is 2.65 bits per heavy atom. The molecular formula is C20H16F4N3O3S. The lowest BCUT2D eigenvalue weighted by atomic mass is 10.2. The van der Waals surface area contributed by atoms with E-state index in [1.165, 1.54) is 31.4 Å². The van der Waals surface area contributed by atoms with Crippen LogP contribution in [0.4, 0.5) is 23.2 Å². The van der Waals surface area contributed by atoms with Gasteiger partial charge in [0.15, 0.2) is 0 Å². The number of halogens is 4. The number of sulfonamides is 1. The molecule has 0 aliphatic rings. The number of rotatable bonds is 5. The van der Waals surface area contributed by atoms with E-state index < -0.39 is 28.6 Å². The van der Waals surface area contributed by atoms with Crippen molar-refractivity contribution in [1.29, 1.82) is 0 Å². The molecule has 0 bridgehead atoms. The van der Waals surface area contributed by atoms with Gasteiger partial charge in [0, 0.05) is 11.5 Å². The average molecular weight is 454 g/mol. The lowest BCUT2D eigenvalue weighted by Crippen LogP contribution is -2.18. The maximum Gasteiger partial charge on any atom is 0.406 e. The molecule has 2 aromatic carbocycles. The maximum absolute atomic E-state index is 13.5. The van der Waals surface area contributed by atoms with Gasteiger partial charge in [-0.15, -0.1) is 0 Å². The third-order valence-corrected chi connectivity index (χ3v) is 5.11. The molecule has 6 nitrogen and oxygen atoms in total. The van der Waals surface area contributed by atoms with E-state index >= 15 is 0 Å². The van der Waals surface area contributed by atoms with E-state index in [2.05, 4.69) is 23.2 Å². The van der Waals surface area contributed by atoms with Gasteiger partial charge in [-0.1, -0.05) is 5.92 Å². The van der Waals surface area contributed by atoms with Crippen molar-refractivity contribution < 1.29 is 30.7 Å². The van der Waals surface area contributed by atoms with Gasteiger partial charge in [-0.25, -0.2) is 17.9 Å². The first-order valence-electron chi connectivity index (χ1n) is 8.69. The van der Waals surface area contributed by atoms with E-state index in [1.54, 1.807) is 0 Å². The van der Waals surface area contributed by atoms with Crippen LogP contribution >= 0.6 is 0 Å². The Kier molecular flexibility index (Phi) is 6.15. The second-order valence-electron chi connectivity index (χ2n) is 6.41. The number of aromatic nitrogens is 1. The number of nitrogens with zero attached hydrogens (tertiary/aromatic N) is 1. The lowest BCUT2D eigenvalue weighted by Gasteiger charge is -2.11. The standard InChI is InChI=1S/C20H16F4N3O3S/c1-30-19-11-16(31(25,28)29)6-7-17(19)26-8-2-3-15-9-13-4-5-14(21)10-18(13)27(15)12-20(22,23)24/h5-7,9-11,26H,8,12H2,1H3,(H2,25,28,29). The third kappa shape index (κ3) is 5.48. The molecule has 0 aliphatic carbocycles. The molecule has 0 unspecified atom stereocenters. The fourth-order valence-electron chi connectivity index (χ4n) is 2.88. The third-order valence-electron chi connectivity index (χ3n) is 4.20. The summed E-state index contributed by atoms with van der Waals surface area (Å²) >= 11 is 0. The smallest absolute Gasteiger partial charge is 0.406 e. The van der Waals surface area contributed by atoms with E-state index in [0.29, 0.717) is 11.1 Å². The molecule has 0 saturated heterocycles. The van der Waals surface area contributed by atoms with E-state index in [4.69, 9.17) is 9.88 Å². The van der Waals surface area contributed by atoms with Crippen LogP contribution in [0.25, 0.3) is 10.9 Å². The van der Waals surface area contributed by atoms with Crippen molar-refractivity contribution >= 4 is 26.6 Å². The molecule has 1 heterocycles. The Morgan fingerprint density at radius 1 is 1.26 bits per heavy atom. The number of nitrogens with one attached hydrogen (secondary N) is 1. The first kappa shape index (κ1) is 22.5. The van der Waals surface area contributed by atoms with Crippen LogP contribution in [0.15, 0.2) is 41.3 Å². The maximum atomic E-state index is 13.5. The fourth-order valence-corrected chi connectivity index (χ4v) is 3.40. The van der Waals surface area contributed by atoms with Crippen LogP contribution in [0.1, 0.15) is 5.69 Å². The molecule has 0 saturated carbocycles. The molecule has 1 radical (unpaired) electrons. The van der Waals surface area contributed by atoms with Gasteiger partial charge in [-0.2, -0.15) is 13.2 Å². The van der Waals surface area contributed by atoms with Gasteiger partial charge in [0.05, 0.1) is 35.4 Å². The number of hydrogen-bond donors (Lipinski definition) is 2. The zero-order chi connectivity index (χ0) is 22.8. The highest BCUT2D eigenvalue weighted by Crippen LogP contribution is 2.27. The number of ether oxygens (including phenoxy) is 1. The van der Waals surface area contributed by atoms with E-state index in [-0.39, 0.29) is 28.4 Å². The summed E-state index contributed by atoms with van der Waals surface area (Å²) in [7, 11) is -2.57. The highest BCUT2D eigenvalue weighted by Gasteiger charge is 2.29. The molecule has 3 aromatic rings. The number of primary sulfonamides is 1. The summed E-state index contributed by atoms with van der Waals surface area (Å²) in [6.45, 7) is -1.31. The average Bonchev–Trinajstić information content (AvgIpc) is 2.99. The molecule has 0 atom stereocenters. The molecule has 0 fully saturated rings. The highest BCUT2D eigenvalue weighted by molar-refractivity contribution is 7.89. The number of anilines is 1. The minimum atomic E-state index is -4.52. The Labute approximate surface area is 175 Å². The molecule has 3 rings (SSSR count). The highest BCUT2D eigenvalue weighted by atomic mass is 32.2. The molecule has 0 amide bonds. The molecule has 1 aromatic heterocycles. The summed E-state index contributed by atoms with van der Waals surface area (Å²) in [6.07, 6.45) is -4.52. The predicted molar refractivity (Wildman–Crippen MR) is 107 cm³/mol. The van der Waals surface area contributed by atoms with E-state index in [1.807, 2.05) is 0 Å². The minimum absolute atomic E-state index is 0.0106. The van der Waals surface area contributed by atoms with Gasteiger partial charge < -0.3 is 14.6 Å². The summed E-state index contributed by atoms with van der Waals surface area (Å²) in [4.78, 5) is -0.138. The molecule has 0 aliphatic heterocycles. The number of alkyl halides is 3. The van der Waals surface area contributed by atoms with Crippen LogP contribution in [0.2, 0.25) is 0 Å². The monoisotopic (exact) mass is 454 g/mol. The van der Waals surface area contributed by atoms with E-state index in [9.17, 15) is 26.0 Å². The second kappa shape index (κ2) is 8.49. The first-order valence-corrected chi connectivity index (χ1v) is 10.2. The molecule has 3 N–H and O–H groups in total. The molecule has 163 valence electrons. The van der Waals surface area contributed by atoms with Crippen LogP contribution in [0.5, 0.6) is 5.75 Å². The van der Waals surface area contributed by atoms with Crippen molar-refractivity contribution in [3.63, 3.8) is 0 Å². The van der Waals surface area contributed by atoms with Crippen LogP contribution in [-0.4, -0.2) is 32.8 Å². The van der Waals surface area contributed by atoms with Crippen molar-refractivity contribution in [2.45, 2.75) is 17.6 Å². The number of hydrogen-bond acceptors (Lipinski definition) is 4. The molecule has 31 heavy (non-hydrogen) atoms. The van der Waals surface area contributed by atoms with Gasteiger partial charge in [0.2, 0.25) is 10.0 Å². The Balaban J connectivity index is 1.85.